The normalized spacial score (nSPS) is 12.3. The average molecular weight is 359 g/mol. The molecule has 10 heteroatoms. The highest BCUT2D eigenvalue weighted by molar-refractivity contribution is 7.92. The molecule has 0 atom stereocenters. The summed E-state index contributed by atoms with van der Waals surface area (Å²) < 4.78 is 59.3. The van der Waals surface area contributed by atoms with Gasteiger partial charge in [-0.1, -0.05) is 11.6 Å². The Hall–Kier alpha value is -1.19. The molecule has 0 unspecified atom stereocenters. The number of hydrogen-bond donors (Lipinski definition) is 1. The van der Waals surface area contributed by atoms with Crippen molar-refractivity contribution in [3.05, 3.63) is 28.5 Å². The summed E-state index contributed by atoms with van der Waals surface area (Å²) >= 11 is 5.44. The zero-order chi connectivity index (χ0) is 16.4. The van der Waals surface area contributed by atoms with Crippen molar-refractivity contribution in [3.8, 4) is 0 Å². The van der Waals surface area contributed by atoms with Gasteiger partial charge in [0.2, 0.25) is 0 Å². The maximum atomic E-state index is 13.5. The Morgan fingerprint density at radius 2 is 1.81 bits per heavy atom. The van der Waals surface area contributed by atoms with Gasteiger partial charge in [0.15, 0.2) is 9.84 Å². The fraction of sp³-hybridized carbons (Fsp3) is 0.364. The lowest BCUT2D eigenvalue weighted by atomic mass is 10.2. The van der Waals surface area contributed by atoms with Gasteiger partial charge in [0.25, 0.3) is 0 Å². The number of aromatic carboxylic acids is 1. The molecule has 0 aliphatic rings. The molecule has 0 heterocycles. The van der Waals surface area contributed by atoms with E-state index in [-0.39, 0.29) is 12.2 Å². The molecule has 0 aromatic heterocycles. The quantitative estimate of drug-likeness (QED) is 0.823. The first-order valence-electron chi connectivity index (χ1n) is 5.57. The van der Waals surface area contributed by atoms with Gasteiger partial charge in [-0.05, 0) is 18.6 Å². The summed E-state index contributed by atoms with van der Waals surface area (Å²) in [7, 11) is -7.32. The summed E-state index contributed by atoms with van der Waals surface area (Å²) in [6.07, 6.45) is 0.790. The first-order chi connectivity index (χ1) is 9.44. The van der Waals surface area contributed by atoms with Gasteiger partial charge in [-0.15, -0.1) is 0 Å². The van der Waals surface area contributed by atoms with Gasteiger partial charge in [-0.25, -0.2) is 26.0 Å². The topological polar surface area (TPSA) is 106 Å². The largest absolute Gasteiger partial charge is 0.478 e. The summed E-state index contributed by atoms with van der Waals surface area (Å²) in [5, 5.41) is 8.15. The molecule has 0 radical (unpaired) electrons. The molecule has 0 bridgehead atoms. The van der Waals surface area contributed by atoms with Crippen molar-refractivity contribution in [1.82, 2.24) is 0 Å². The maximum absolute atomic E-state index is 13.5. The molecule has 0 fully saturated rings. The predicted molar refractivity (Wildman–Crippen MR) is 74.7 cm³/mol. The van der Waals surface area contributed by atoms with E-state index in [9.17, 15) is 26.0 Å². The number of sulfone groups is 2. The van der Waals surface area contributed by atoms with Gasteiger partial charge >= 0.3 is 5.97 Å². The molecule has 1 aromatic rings. The van der Waals surface area contributed by atoms with E-state index in [1.165, 1.54) is 0 Å². The fourth-order valence-electron chi connectivity index (χ4n) is 1.53. The van der Waals surface area contributed by atoms with E-state index in [1.807, 2.05) is 0 Å². The number of carboxylic acid groups (broad SMARTS) is 1. The molecule has 1 N–H and O–H groups in total. The summed E-state index contributed by atoms with van der Waals surface area (Å²) in [6, 6.07) is 1.37. The standard InChI is InChI=1S/C11H12ClFO6S2/c1-20(16,17)3-2-4-21(18,19)7-5-8(11(14)15)10(12)9(13)6-7/h5-6H,2-4H2,1H3,(H,14,15). The monoisotopic (exact) mass is 358 g/mol. The van der Waals surface area contributed by atoms with Crippen LogP contribution in [0.3, 0.4) is 0 Å². The van der Waals surface area contributed by atoms with E-state index in [4.69, 9.17) is 16.7 Å². The van der Waals surface area contributed by atoms with E-state index in [0.29, 0.717) is 6.07 Å². The Balaban J connectivity index is 3.12. The minimum absolute atomic E-state index is 0.173. The minimum Gasteiger partial charge on any atom is -0.478 e. The number of halogens is 2. The van der Waals surface area contributed by atoms with Gasteiger partial charge in [0.1, 0.15) is 15.7 Å². The van der Waals surface area contributed by atoms with Crippen LogP contribution >= 0.6 is 11.6 Å². The lowest BCUT2D eigenvalue weighted by Crippen LogP contribution is -2.13. The number of carboxylic acids is 1. The molecule has 0 aliphatic carbocycles. The molecule has 6 nitrogen and oxygen atoms in total. The van der Waals surface area contributed by atoms with Crippen LogP contribution in [0.4, 0.5) is 4.39 Å². The molecule has 21 heavy (non-hydrogen) atoms. The van der Waals surface area contributed by atoms with E-state index in [0.717, 1.165) is 12.3 Å². The highest BCUT2D eigenvalue weighted by Crippen LogP contribution is 2.25. The van der Waals surface area contributed by atoms with E-state index < -0.39 is 52.7 Å². The molecule has 0 amide bonds. The number of rotatable bonds is 6. The Morgan fingerprint density at radius 1 is 1.24 bits per heavy atom. The fourth-order valence-corrected chi connectivity index (χ4v) is 3.91. The molecule has 1 rings (SSSR count). The van der Waals surface area contributed by atoms with Gasteiger partial charge < -0.3 is 5.11 Å². The average Bonchev–Trinajstić information content (AvgIpc) is 2.29. The van der Waals surface area contributed by atoms with Gasteiger partial charge in [0, 0.05) is 6.26 Å². The third-order valence-electron chi connectivity index (χ3n) is 2.52. The minimum atomic E-state index is -4.00. The predicted octanol–water partition coefficient (Wildman–Crippen LogP) is 1.39. The van der Waals surface area contributed by atoms with Crippen molar-refractivity contribution in [2.45, 2.75) is 11.3 Å². The second-order valence-corrected chi connectivity index (χ2v) is 9.12. The van der Waals surface area contributed by atoms with Crippen molar-refractivity contribution in [3.63, 3.8) is 0 Å². The van der Waals surface area contributed by atoms with Crippen LogP contribution in [0.15, 0.2) is 17.0 Å². The Morgan fingerprint density at radius 3 is 2.29 bits per heavy atom. The zero-order valence-corrected chi connectivity index (χ0v) is 13.2. The Kier molecular flexibility index (Phi) is 5.35. The molecule has 0 saturated carbocycles. The lowest BCUT2D eigenvalue weighted by Gasteiger charge is -2.07. The number of carbonyl (C=O) groups is 1. The third-order valence-corrected chi connectivity index (χ3v) is 5.71. The van der Waals surface area contributed by atoms with E-state index >= 15 is 0 Å². The second kappa shape index (κ2) is 6.29. The van der Waals surface area contributed by atoms with Gasteiger partial charge in [-0.2, -0.15) is 0 Å². The van der Waals surface area contributed by atoms with Crippen LogP contribution in [0.25, 0.3) is 0 Å². The molecule has 0 saturated heterocycles. The van der Waals surface area contributed by atoms with E-state index in [1.54, 1.807) is 0 Å². The summed E-state index contributed by atoms with van der Waals surface area (Å²) in [5.74, 6) is -3.61. The number of benzene rings is 1. The molecule has 0 spiro atoms. The molecular weight excluding hydrogens is 347 g/mol. The highest BCUT2D eigenvalue weighted by atomic mass is 35.5. The van der Waals surface area contributed by atoms with Crippen molar-refractivity contribution < 1.29 is 31.1 Å². The van der Waals surface area contributed by atoms with Crippen LogP contribution in [0.1, 0.15) is 16.8 Å². The third kappa shape index (κ3) is 4.94. The zero-order valence-electron chi connectivity index (χ0n) is 10.8. The van der Waals surface area contributed by atoms with Crippen LogP contribution in [0, 0.1) is 5.82 Å². The van der Waals surface area contributed by atoms with Crippen molar-refractivity contribution >= 4 is 37.2 Å². The highest BCUT2D eigenvalue weighted by Gasteiger charge is 2.22. The molecule has 0 aliphatic heterocycles. The maximum Gasteiger partial charge on any atom is 0.337 e. The van der Waals surface area contributed by atoms with Gasteiger partial charge in [0.05, 0.1) is 27.0 Å². The Bertz CT molecular complexity index is 770. The van der Waals surface area contributed by atoms with Crippen LogP contribution in [-0.2, 0) is 19.7 Å². The molecule has 1 aromatic carbocycles. The van der Waals surface area contributed by atoms with Crippen LogP contribution in [0.2, 0.25) is 5.02 Å². The molecule has 118 valence electrons. The first kappa shape index (κ1) is 17.9. The first-order valence-corrected chi connectivity index (χ1v) is 9.66. The summed E-state index contributed by atoms with van der Waals surface area (Å²) in [6.45, 7) is 0. The summed E-state index contributed by atoms with van der Waals surface area (Å²) in [4.78, 5) is 10.3. The van der Waals surface area contributed by atoms with Gasteiger partial charge in [-0.3, -0.25) is 0 Å². The smallest absolute Gasteiger partial charge is 0.337 e. The van der Waals surface area contributed by atoms with E-state index in [2.05, 4.69) is 0 Å². The van der Waals surface area contributed by atoms with Crippen LogP contribution in [-0.4, -0.2) is 45.7 Å². The van der Waals surface area contributed by atoms with Crippen LogP contribution in [0.5, 0.6) is 0 Å². The number of hydrogen-bond acceptors (Lipinski definition) is 5. The second-order valence-electron chi connectivity index (χ2n) is 4.37. The van der Waals surface area contributed by atoms with Crippen molar-refractivity contribution in [2.24, 2.45) is 0 Å². The summed E-state index contributed by atoms with van der Waals surface area (Å²) in [5.41, 5.74) is -0.668. The SMILES string of the molecule is CS(=O)(=O)CCCS(=O)(=O)c1cc(F)c(Cl)c(C(=O)O)c1. The van der Waals surface area contributed by atoms with Crippen LogP contribution < -0.4 is 0 Å². The van der Waals surface area contributed by atoms with Crippen molar-refractivity contribution in [1.29, 1.82) is 0 Å². The molecular formula is C11H12ClFO6S2. The Labute approximate surface area is 126 Å². The van der Waals surface area contributed by atoms with Crippen molar-refractivity contribution in [2.75, 3.05) is 17.8 Å². The lowest BCUT2D eigenvalue weighted by molar-refractivity contribution is 0.0696.